The fourth-order valence-electron chi connectivity index (χ4n) is 4.08. The maximum atomic E-state index is 12.5. The second kappa shape index (κ2) is 8.47. The minimum Gasteiger partial charge on any atom is -0.483 e. The molecule has 0 aromatic heterocycles. The Balaban J connectivity index is 0.000000647. The van der Waals surface area contributed by atoms with Crippen LogP contribution in [0.15, 0.2) is 23.8 Å². The summed E-state index contributed by atoms with van der Waals surface area (Å²) in [6.45, 7) is 11.1. The zero-order valence-corrected chi connectivity index (χ0v) is 14.9. The predicted octanol–water partition coefficient (Wildman–Crippen LogP) is 2.68. The minimum atomic E-state index is -0.250. The number of hydrogen-bond donors (Lipinski definition) is 1. The number of nitrogens with zero attached hydrogens (tertiary/aromatic N) is 2. The maximum absolute atomic E-state index is 12.5. The molecule has 1 aliphatic carbocycles. The molecule has 0 unspecified atom stereocenters. The first-order valence-electron chi connectivity index (χ1n) is 8.93. The highest BCUT2D eigenvalue weighted by molar-refractivity contribution is 5.83. The summed E-state index contributed by atoms with van der Waals surface area (Å²) in [5.41, 5.74) is 2.84. The lowest BCUT2D eigenvalue weighted by molar-refractivity contribution is -0.142. The molecule has 2 heterocycles. The zero-order valence-electron chi connectivity index (χ0n) is 14.9. The third-order valence-electron chi connectivity index (χ3n) is 5.62. The number of carboxylic acid groups (broad SMARTS) is 1. The number of carbonyl (C=O) groups excluding carboxylic acids is 1. The Bertz CT molecular complexity index is 515. The van der Waals surface area contributed by atoms with Crippen molar-refractivity contribution in [1.29, 1.82) is 0 Å². The van der Waals surface area contributed by atoms with E-state index in [0.717, 1.165) is 26.1 Å². The molecular weight excluding hydrogens is 304 g/mol. The summed E-state index contributed by atoms with van der Waals surface area (Å²) < 4.78 is 0. The van der Waals surface area contributed by atoms with E-state index in [1.54, 1.807) is 0 Å². The Morgan fingerprint density at radius 3 is 2.75 bits per heavy atom. The van der Waals surface area contributed by atoms with E-state index in [1.807, 2.05) is 0 Å². The van der Waals surface area contributed by atoms with Crippen LogP contribution in [0.25, 0.3) is 0 Å². The fourth-order valence-corrected chi connectivity index (χ4v) is 4.08. The van der Waals surface area contributed by atoms with Crippen molar-refractivity contribution in [2.24, 2.45) is 5.92 Å². The molecule has 5 nitrogen and oxygen atoms in total. The molecule has 0 aromatic carbocycles. The van der Waals surface area contributed by atoms with Crippen LogP contribution in [-0.4, -0.2) is 59.0 Å². The third kappa shape index (κ3) is 4.26. The van der Waals surface area contributed by atoms with E-state index in [0.29, 0.717) is 17.9 Å². The lowest BCUT2D eigenvalue weighted by Gasteiger charge is -2.42. The van der Waals surface area contributed by atoms with Gasteiger partial charge in [-0.05, 0) is 51.9 Å². The first-order chi connectivity index (χ1) is 11.5. The van der Waals surface area contributed by atoms with Gasteiger partial charge in [-0.25, -0.2) is 0 Å². The fraction of sp³-hybridized carbons (Fsp3) is 0.684. The minimum absolute atomic E-state index is 0.0547. The van der Waals surface area contributed by atoms with Gasteiger partial charge in [-0.1, -0.05) is 23.8 Å². The molecule has 0 bridgehead atoms. The van der Waals surface area contributed by atoms with Gasteiger partial charge in [0.2, 0.25) is 5.91 Å². The van der Waals surface area contributed by atoms with E-state index in [4.69, 9.17) is 9.90 Å². The van der Waals surface area contributed by atoms with Gasteiger partial charge in [0.05, 0.1) is 6.04 Å². The van der Waals surface area contributed by atoms with Crippen molar-refractivity contribution in [2.75, 3.05) is 19.6 Å². The molecule has 2 aliphatic heterocycles. The summed E-state index contributed by atoms with van der Waals surface area (Å²) in [5, 5.41) is 6.89. The van der Waals surface area contributed by atoms with E-state index >= 15 is 0 Å². The lowest BCUT2D eigenvalue weighted by atomic mass is 9.85. The van der Waals surface area contributed by atoms with Gasteiger partial charge >= 0.3 is 0 Å². The van der Waals surface area contributed by atoms with Crippen LogP contribution in [0.2, 0.25) is 0 Å². The van der Waals surface area contributed by atoms with Crippen LogP contribution >= 0.6 is 0 Å². The molecule has 134 valence electrons. The van der Waals surface area contributed by atoms with Gasteiger partial charge < -0.3 is 10.0 Å². The standard InChI is InChI=1S/C18H28N2O.CH2O2/c1-13(2)16-8-6-15(7-9-16)11-19-12-17-5-4-10-20(17)18(21)14(19)3;2-1-3/h6,14,16-17H,1,4-5,7-12H2,2-3H3;1H,(H,2,3)/t14-,16-,17+;/m1./s1. The first-order valence-corrected chi connectivity index (χ1v) is 8.93. The summed E-state index contributed by atoms with van der Waals surface area (Å²) in [4.78, 5) is 25.3. The number of allylic oxidation sites excluding steroid dienone is 2. The average Bonchev–Trinajstić information content (AvgIpc) is 3.02. The van der Waals surface area contributed by atoms with Gasteiger partial charge in [0.15, 0.2) is 0 Å². The topological polar surface area (TPSA) is 60.9 Å². The number of amides is 1. The van der Waals surface area contributed by atoms with Gasteiger partial charge in [0.1, 0.15) is 0 Å². The Hall–Kier alpha value is -1.62. The third-order valence-corrected chi connectivity index (χ3v) is 5.62. The van der Waals surface area contributed by atoms with Gasteiger partial charge in [-0.15, -0.1) is 0 Å². The molecule has 3 aliphatic rings. The number of hydrogen-bond acceptors (Lipinski definition) is 3. The summed E-state index contributed by atoms with van der Waals surface area (Å²) in [6.07, 6.45) is 8.30. The maximum Gasteiger partial charge on any atom is 0.290 e. The van der Waals surface area contributed by atoms with Crippen LogP contribution < -0.4 is 0 Å². The van der Waals surface area contributed by atoms with Crippen LogP contribution in [0.3, 0.4) is 0 Å². The monoisotopic (exact) mass is 334 g/mol. The molecule has 24 heavy (non-hydrogen) atoms. The number of carbonyl (C=O) groups is 2. The number of fused-ring (bicyclic) bond motifs is 1. The molecule has 0 spiro atoms. The second-order valence-electron chi connectivity index (χ2n) is 7.22. The summed E-state index contributed by atoms with van der Waals surface area (Å²) in [7, 11) is 0. The molecule has 3 rings (SSSR count). The molecule has 2 fully saturated rings. The highest BCUT2D eigenvalue weighted by Crippen LogP contribution is 2.31. The van der Waals surface area contributed by atoms with Crippen molar-refractivity contribution in [3.05, 3.63) is 23.8 Å². The quantitative estimate of drug-likeness (QED) is 0.637. The molecule has 3 atom stereocenters. The van der Waals surface area contributed by atoms with Gasteiger partial charge in [-0.2, -0.15) is 0 Å². The van der Waals surface area contributed by atoms with E-state index in [2.05, 4.69) is 36.3 Å². The van der Waals surface area contributed by atoms with Crippen LogP contribution in [0.1, 0.15) is 46.0 Å². The first kappa shape index (κ1) is 18.7. The van der Waals surface area contributed by atoms with Crippen molar-refractivity contribution in [1.82, 2.24) is 9.80 Å². The normalized spacial score (nSPS) is 30.1. The van der Waals surface area contributed by atoms with Crippen molar-refractivity contribution in [3.8, 4) is 0 Å². The van der Waals surface area contributed by atoms with E-state index < -0.39 is 0 Å². The Labute approximate surface area is 145 Å². The largest absolute Gasteiger partial charge is 0.483 e. The molecule has 0 radical (unpaired) electrons. The molecule has 1 N–H and O–H groups in total. The van der Waals surface area contributed by atoms with Gasteiger partial charge in [0, 0.05) is 25.7 Å². The van der Waals surface area contributed by atoms with Crippen LogP contribution in [0.4, 0.5) is 0 Å². The van der Waals surface area contributed by atoms with Crippen molar-refractivity contribution in [3.63, 3.8) is 0 Å². The smallest absolute Gasteiger partial charge is 0.290 e. The Morgan fingerprint density at radius 2 is 2.17 bits per heavy atom. The van der Waals surface area contributed by atoms with Gasteiger partial charge in [-0.3, -0.25) is 14.5 Å². The van der Waals surface area contributed by atoms with Crippen LogP contribution in [-0.2, 0) is 9.59 Å². The second-order valence-corrected chi connectivity index (χ2v) is 7.22. The van der Waals surface area contributed by atoms with Crippen LogP contribution in [0.5, 0.6) is 0 Å². The van der Waals surface area contributed by atoms with Gasteiger partial charge in [0.25, 0.3) is 6.47 Å². The highest BCUT2D eigenvalue weighted by Gasteiger charge is 2.40. The zero-order chi connectivity index (χ0) is 17.7. The number of piperazine rings is 1. The Morgan fingerprint density at radius 1 is 1.46 bits per heavy atom. The molecule has 0 aromatic rings. The molecule has 1 amide bonds. The molecule has 5 heteroatoms. The summed E-state index contributed by atoms with van der Waals surface area (Å²) in [5.74, 6) is 1.01. The van der Waals surface area contributed by atoms with E-state index in [-0.39, 0.29) is 12.5 Å². The lowest BCUT2D eigenvalue weighted by Crippen LogP contribution is -2.58. The molecule has 0 saturated carbocycles. The Kier molecular flexibility index (Phi) is 6.60. The number of rotatable bonds is 3. The van der Waals surface area contributed by atoms with Crippen molar-refractivity contribution < 1.29 is 14.7 Å². The van der Waals surface area contributed by atoms with Crippen molar-refractivity contribution >= 4 is 12.4 Å². The van der Waals surface area contributed by atoms with Crippen LogP contribution in [0, 0.1) is 5.92 Å². The summed E-state index contributed by atoms with van der Waals surface area (Å²) >= 11 is 0. The average molecular weight is 334 g/mol. The molecule has 2 saturated heterocycles. The van der Waals surface area contributed by atoms with Crippen molar-refractivity contribution in [2.45, 2.75) is 58.0 Å². The van der Waals surface area contributed by atoms with E-state index in [9.17, 15) is 4.79 Å². The predicted molar refractivity (Wildman–Crippen MR) is 94.7 cm³/mol. The molecular formula is C19H30N2O3. The van der Waals surface area contributed by atoms with E-state index in [1.165, 1.54) is 36.8 Å². The SMILES string of the molecule is C=C(C)[C@@H]1CC=C(CN2C[C@@H]3CCCN3C(=O)[C@H]2C)CC1.O=CO. The summed E-state index contributed by atoms with van der Waals surface area (Å²) in [6, 6.07) is 0.528. The highest BCUT2D eigenvalue weighted by atomic mass is 16.3.